The molecule has 0 aliphatic carbocycles. The van der Waals surface area contributed by atoms with E-state index in [1.807, 2.05) is 0 Å². The summed E-state index contributed by atoms with van der Waals surface area (Å²) < 4.78 is 5.47. The van der Waals surface area contributed by atoms with Crippen LogP contribution in [0.2, 0.25) is 0 Å². The maximum absolute atomic E-state index is 5.47. The Hall–Kier alpha value is -0.120. The Labute approximate surface area is 112 Å². The first kappa shape index (κ1) is 14.3. The molecule has 0 saturated carbocycles. The highest BCUT2D eigenvalue weighted by atomic mass is 16.5. The smallest absolute Gasteiger partial charge is 0.0469 e. The fourth-order valence-electron chi connectivity index (χ4n) is 3.30. The summed E-state index contributed by atoms with van der Waals surface area (Å²) in [6.07, 6.45) is 3.88. The minimum atomic E-state index is 0.618. The van der Waals surface area contributed by atoms with Gasteiger partial charge in [0, 0.05) is 31.8 Å². The van der Waals surface area contributed by atoms with E-state index in [0.29, 0.717) is 6.04 Å². The predicted molar refractivity (Wildman–Crippen MR) is 75.8 cm³/mol. The molecule has 0 aromatic heterocycles. The van der Waals surface area contributed by atoms with Crippen molar-refractivity contribution in [3.8, 4) is 0 Å². The standard InChI is InChI=1S/C15H30N2O/c1-12(2)16-10-14-4-7-17(11-14)13(3)15-5-8-18-9-6-15/h12-16H,4-11H2,1-3H3. The predicted octanol–water partition coefficient (Wildman–Crippen LogP) is 2.12. The molecule has 3 heteroatoms. The summed E-state index contributed by atoms with van der Waals surface area (Å²) in [5, 5.41) is 3.58. The van der Waals surface area contributed by atoms with E-state index < -0.39 is 0 Å². The Morgan fingerprint density at radius 2 is 1.89 bits per heavy atom. The second-order valence-corrected chi connectivity index (χ2v) is 6.40. The number of ether oxygens (including phenoxy) is 1. The molecule has 2 saturated heterocycles. The molecular formula is C15H30N2O. The van der Waals surface area contributed by atoms with E-state index >= 15 is 0 Å². The van der Waals surface area contributed by atoms with Gasteiger partial charge in [-0.25, -0.2) is 0 Å². The highest BCUT2D eigenvalue weighted by Gasteiger charge is 2.30. The molecule has 2 aliphatic rings. The molecule has 1 N–H and O–H groups in total. The Balaban J connectivity index is 1.73. The maximum atomic E-state index is 5.47. The Morgan fingerprint density at radius 3 is 2.56 bits per heavy atom. The summed E-state index contributed by atoms with van der Waals surface area (Å²) in [6.45, 7) is 12.6. The van der Waals surface area contributed by atoms with Crippen LogP contribution >= 0.6 is 0 Å². The van der Waals surface area contributed by atoms with Crippen molar-refractivity contribution in [2.24, 2.45) is 11.8 Å². The summed E-state index contributed by atoms with van der Waals surface area (Å²) in [4.78, 5) is 2.71. The Bertz CT molecular complexity index is 239. The second-order valence-electron chi connectivity index (χ2n) is 6.40. The molecule has 2 fully saturated rings. The molecule has 2 atom stereocenters. The van der Waals surface area contributed by atoms with Gasteiger partial charge in [-0.2, -0.15) is 0 Å². The van der Waals surface area contributed by atoms with E-state index in [0.717, 1.165) is 31.1 Å². The molecule has 18 heavy (non-hydrogen) atoms. The normalized spacial score (nSPS) is 29.0. The number of likely N-dealkylation sites (tertiary alicyclic amines) is 1. The molecule has 0 radical (unpaired) electrons. The summed E-state index contributed by atoms with van der Waals surface area (Å²) in [5.74, 6) is 1.71. The fraction of sp³-hybridized carbons (Fsp3) is 1.00. The maximum Gasteiger partial charge on any atom is 0.0469 e. The van der Waals surface area contributed by atoms with Crippen LogP contribution in [0, 0.1) is 11.8 Å². The Kier molecular flexibility index (Phi) is 5.46. The van der Waals surface area contributed by atoms with Crippen molar-refractivity contribution in [1.29, 1.82) is 0 Å². The zero-order valence-electron chi connectivity index (χ0n) is 12.3. The molecular weight excluding hydrogens is 224 g/mol. The van der Waals surface area contributed by atoms with Gasteiger partial charge in [0.15, 0.2) is 0 Å². The van der Waals surface area contributed by atoms with Crippen molar-refractivity contribution in [3.63, 3.8) is 0 Å². The molecule has 0 aromatic rings. The van der Waals surface area contributed by atoms with Crippen LogP contribution in [-0.4, -0.2) is 49.8 Å². The first-order valence-corrected chi connectivity index (χ1v) is 7.72. The third-order valence-corrected chi connectivity index (χ3v) is 4.66. The molecule has 0 spiro atoms. The lowest BCUT2D eigenvalue weighted by Crippen LogP contribution is -2.40. The van der Waals surface area contributed by atoms with Crippen LogP contribution in [0.3, 0.4) is 0 Å². The van der Waals surface area contributed by atoms with Gasteiger partial charge in [0.25, 0.3) is 0 Å². The van der Waals surface area contributed by atoms with E-state index in [9.17, 15) is 0 Å². The zero-order valence-corrected chi connectivity index (χ0v) is 12.3. The number of hydrogen-bond acceptors (Lipinski definition) is 3. The summed E-state index contributed by atoms with van der Waals surface area (Å²) in [5.41, 5.74) is 0. The van der Waals surface area contributed by atoms with Crippen molar-refractivity contribution >= 4 is 0 Å². The average Bonchev–Trinajstić information content (AvgIpc) is 2.85. The van der Waals surface area contributed by atoms with Gasteiger partial charge >= 0.3 is 0 Å². The van der Waals surface area contributed by atoms with E-state index in [4.69, 9.17) is 4.74 Å². The van der Waals surface area contributed by atoms with Crippen LogP contribution in [0.5, 0.6) is 0 Å². The minimum Gasteiger partial charge on any atom is -0.381 e. The van der Waals surface area contributed by atoms with Gasteiger partial charge in [-0.3, -0.25) is 0 Å². The quantitative estimate of drug-likeness (QED) is 0.813. The summed E-state index contributed by atoms with van der Waals surface area (Å²) in [7, 11) is 0. The van der Waals surface area contributed by atoms with E-state index in [1.54, 1.807) is 0 Å². The highest BCUT2D eigenvalue weighted by molar-refractivity contribution is 4.85. The van der Waals surface area contributed by atoms with Gasteiger partial charge < -0.3 is 15.0 Å². The van der Waals surface area contributed by atoms with Crippen LogP contribution in [0.25, 0.3) is 0 Å². The third-order valence-electron chi connectivity index (χ3n) is 4.66. The van der Waals surface area contributed by atoms with Gasteiger partial charge in [0.1, 0.15) is 0 Å². The van der Waals surface area contributed by atoms with Gasteiger partial charge in [0.2, 0.25) is 0 Å². The lowest BCUT2D eigenvalue weighted by molar-refractivity contribution is 0.0348. The molecule has 106 valence electrons. The molecule has 0 aromatic carbocycles. The van der Waals surface area contributed by atoms with Crippen molar-refractivity contribution in [3.05, 3.63) is 0 Å². The number of rotatable bonds is 5. The van der Waals surface area contributed by atoms with Gasteiger partial charge in [-0.15, -0.1) is 0 Å². The van der Waals surface area contributed by atoms with Gasteiger partial charge in [0.05, 0.1) is 0 Å². The number of hydrogen-bond donors (Lipinski definition) is 1. The van der Waals surface area contributed by atoms with Crippen molar-refractivity contribution in [1.82, 2.24) is 10.2 Å². The van der Waals surface area contributed by atoms with Gasteiger partial charge in [-0.1, -0.05) is 13.8 Å². The molecule has 0 amide bonds. The monoisotopic (exact) mass is 254 g/mol. The molecule has 2 unspecified atom stereocenters. The van der Waals surface area contributed by atoms with Crippen LogP contribution < -0.4 is 5.32 Å². The minimum absolute atomic E-state index is 0.618. The SMILES string of the molecule is CC(C)NCC1CCN(C(C)C2CCOCC2)C1. The lowest BCUT2D eigenvalue weighted by atomic mass is 9.92. The summed E-state index contributed by atoms with van der Waals surface area (Å²) in [6, 6.07) is 1.37. The van der Waals surface area contributed by atoms with E-state index in [2.05, 4.69) is 31.0 Å². The second kappa shape index (κ2) is 6.88. The highest BCUT2D eigenvalue weighted by Crippen LogP contribution is 2.27. The number of nitrogens with one attached hydrogen (secondary N) is 1. The first-order chi connectivity index (χ1) is 8.66. The van der Waals surface area contributed by atoms with Crippen LogP contribution in [-0.2, 0) is 4.74 Å². The number of nitrogens with zero attached hydrogens (tertiary/aromatic N) is 1. The van der Waals surface area contributed by atoms with Crippen LogP contribution in [0.1, 0.15) is 40.0 Å². The molecule has 2 rings (SSSR count). The lowest BCUT2D eigenvalue weighted by Gasteiger charge is -2.34. The third kappa shape index (κ3) is 3.94. The fourth-order valence-corrected chi connectivity index (χ4v) is 3.30. The van der Waals surface area contributed by atoms with Gasteiger partial charge in [-0.05, 0) is 51.1 Å². The molecule has 3 nitrogen and oxygen atoms in total. The Morgan fingerprint density at radius 1 is 1.17 bits per heavy atom. The van der Waals surface area contributed by atoms with Crippen molar-refractivity contribution in [2.45, 2.75) is 52.1 Å². The molecule has 2 heterocycles. The molecule has 0 bridgehead atoms. The van der Waals surface area contributed by atoms with Crippen molar-refractivity contribution in [2.75, 3.05) is 32.8 Å². The average molecular weight is 254 g/mol. The van der Waals surface area contributed by atoms with E-state index in [-0.39, 0.29) is 0 Å². The zero-order chi connectivity index (χ0) is 13.0. The largest absolute Gasteiger partial charge is 0.381 e. The molecule has 2 aliphatic heterocycles. The topological polar surface area (TPSA) is 24.5 Å². The van der Waals surface area contributed by atoms with E-state index in [1.165, 1.54) is 38.9 Å². The van der Waals surface area contributed by atoms with Crippen molar-refractivity contribution < 1.29 is 4.74 Å². The van der Waals surface area contributed by atoms with Crippen LogP contribution in [0.4, 0.5) is 0 Å². The first-order valence-electron chi connectivity index (χ1n) is 7.72. The van der Waals surface area contributed by atoms with Crippen LogP contribution in [0.15, 0.2) is 0 Å². The summed E-state index contributed by atoms with van der Waals surface area (Å²) >= 11 is 0.